The molecule has 0 radical (unpaired) electrons. The van der Waals surface area contributed by atoms with Gasteiger partial charge in [-0.1, -0.05) is 26.0 Å². The first-order chi connectivity index (χ1) is 14.2. The minimum atomic E-state index is -0.890. The molecular weight excluding hydrogens is 386 g/mol. The molecule has 0 aliphatic heterocycles. The Balaban J connectivity index is 1.87. The zero-order chi connectivity index (χ0) is 22.3. The number of nitrogens with zero attached hydrogens (tertiary/aromatic N) is 2. The minimum Gasteiger partial charge on any atom is -0.459 e. The third-order valence-electron chi connectivity index (χ3n) is 4.59. The van der Waals surface area contributed by atoms with Crippen molar-refractivity contribution in [3.8, 4) is 0 Å². The van der Waals surface area contributed by atoms with Crippen molar-refractivity contribution in [1.29, 1.82) is 0 Å². The SMILES string of the molecule is CC(C)[C@H](NC(=O)c1ccco1)C(=O)OCC(=O)N(C)Cc1ccc(N(C)C)cc1. The number of anilines is 1. The Labute approximate surface area is 176 Å². The molecule has 162 valence electrons. The predicted octanol–water partition coefficient (Wildman–Crippen LogP) is 2.30. The van der Waals surface area contributed by atoms with E-state index in [0.29, 0.717) is 6.54 Å². The highest BCUT2D eigenvalue weighted by molar-refractivity contribution is 5.94. The molecule has 8 heteroatoms. The number of amides is 2. The van der Waals surface area contributed by atoms with Gasteiger partial charge in [0.2, 0.25) is 0 Å². The lowest BCUT2D eigenvalue weighted by Crippen LogP contribution is -2.46. The first-order valence-electron chi connectivity index (χ1n) is 9.70. The highest BCUT2D eigenvalue weighted by Crippen LogP contribution is 2.13. The summed E-state index contributed by atoms with van der Waals surface area (Å²) in [4.78, 5) is 40.4. The van der Waals surface area contributed by atoms with Gasteiger partial charge in [0.25, 0.3) is 11.8 Å². The van der Waals surface area contributed by atoms with Crippen LogP contribution in [0.1, 0.15) is 30.0 Å². The first-order valence-corrected chi connectivity index (χ1v) is 9.70. The number of carbonyl (C=O) groups is 3. The fourth-order valence-corrected chi connectivity index (χ4v) is 2.71. The summed E-state index contributed by atoms with van der Waals surface area (Å²) in [6.45, 7) is 3.55. The molecule has 1 aromatic carbocycles. The molecule has 0 unspecified atom stereocenters. The van der Waals surface area contributed by atoms with Gasteiger partial charge in [0, 0.05) is 33.4 Å². The number of esters is 1. The second kappa shape index (κ2) is 10.5. The number of ether oxygens (including phenoxy) is 1. The largest absolute Gasteiger partial charge is 0.459 e. The van der Waals surface area contributed by atoms with Crippen molar-refractivity contribution < 1.29 is 23.5 Å². The highest BCUT2D eigenvalue weighted by Gasteiger charge is 2.27. The lowest BCUT2D eigenvalue weighted by atomic mass is 10.0. The summed E-state index contributed by atoms with van der Waals surface area (Å²) in [5, 5.41) is 2.59. The van der Waals surface area contributed by atoms with E-state index < -0.39 is 24.5 Å². The second-order valence-corrected chi connectivity index (χ2v) is 7.59. The summed E-state index contributed by atoms with van der Waals surface area (Å²) < 4.78 is 10.2. The summed E-state index contributed by atoms with van der Waals surface area (Å²) in [6, 6.07) is 10.0. The summed E-state index contributed by atoms with van der Waals surface area (Å²) >= 11 is 0. The molecule has 0 saturated carbocycles. The second-order valence-electron chi connectivity index (χ2n) is 7.59. The average molecular weight is 415 g/mol. The number of hydrogen-bond acceptors (Lipinski definition) is 6. The quantitative estimate of drug-likeness (QED) is 0.632. The standard InChI is InChI=1S/C22H29N3O5/c1-15(2)20(23-21(27)18-7-6-12-29-18)22(28)30-14-19(26)25(5)13-16-8-10-17(11-9-16)24(3)4/h6-12,15,20H,13-14H2,1-5H3,(H,23,27)/t20-/m0/s1. The molecule has 8 nitrogen and oxygen atoms in total. The Hall–Kier alpha value is -3.29. The molecule has 2 aromatic rings. The van der Waals surface area contributed by atoms with Gasteiger partial charge in [-0.25, -0.2) is 4.79 Å². The van der Waals surface area contributed by atoms with Gasteiger partial charge in [-0.15, -0.1) is 0 Å². The van der Waals surface area contributed by atoms with Crippen molar-refractivity contribution in [2.24, 2.45) is 5.92 Å². The van der Waals surface area contributed by atoms with E-state index in [2.05, 4.69) is 5.32 Å². The van der Waals surface area contributed by atoms with Crippen molar-refractivity contribution in [1.82, 2.24) is 10.2 Å². The van der Waals surface area contributed by atoms with Crippen LogP contribution in [0.3, 0.4) is 0 Å². The van der Waals surface area contributed by atoms with Crippen LogP contribution < -0.4 is 10.2 Å². The van der Waals surface area contributed by atoms with Crippen LogP contribution in [0.4, 0.5) is 5.69 Å². The lowest BCUT2D eigenvalue weighted by Gasteiger charge is -2.22. The molecule has 2 amide bonds. The topological polar surface area (TPSA) is 92.1 Å². The van der Waals surface area contributed by atoms with Gasteiger partial charge < -0.3 is 24.3 Å². The number of carbonyl (C=O) groups excluding carboxylic acids is 3. The molecule has 30 heavy (non-hydrogen) atoms. The van der Waals surface area contributed by atoms with E-state index in [-0.39, 0.29) is 17.6 Å². The van der Waals surface area contributed by atoms with E-state index in [9.17, 15) is 14.4 Å². The zero-order valence-corrected chi connectivity index (χ0v) is 18.0. The van der Waals surface area contributed by atoms with Crippen LogP contribution in [0.25, 0.3) is 0 Å². The molecule has 1 aromatic heterocycles. The maximum absolute atomic E-state index is 12.4. The van der Waals surface area contributed by atoms with Crippen molar-refractivity contribution >= 4 is 23.5 Å². The van der Waals surface area contributed by atoms with Crippen LogP contribution in [0.5, 0.6) is 0 Å². The summed E-state index contributed by atoms with van der Waals surface area (Å²) in [5.41, 5.74) is 2.03. The fourth-order valence-electron chi connectivity index (χ4n) is 2.71. The van der Waals surface area contributed by atoms with E-state index in [1.165, 1.54) is 17.2 Å². The number of furan rings is 1. The Morgan fingerprint density at radius 3 is 2.27 bits per heavy atom. The number of rotatable bonds is 9. The maximum atomic E-state index is 12.4. The van der Waals surface area contributed by atoms with Crippen LogP contribution >= 0.6 is 0 Å². The fraction of sp³-hybridized carbons (Fsp3) is 0.409. The van der Waals surface area contributed by atoms with E-state index in [1.54, 1.807) is 27.0 Å². The lowest BCUT2D eigenvalue weighted by molar-refractivity contribution is -0.154. The number of hydrogen-bond donors (Lipinski definition) is 1. The molecule has 0 spiro atoms. The predicted molar refractivity (Wildman–Crippen MR) is 113 cm³/mol. The zero-order valence-electron chi connectivity index (χ0n) is 18.0. The normalized spacial score (nSPS) is 11.7. The van der Waals surface area contributed by atoms with Gasteiger partial charge in [-0.2, -0.15) is 0 Å². The third-order valence-corrected chi connectivity index (χ3v) is 4.59. The maximum Gasteiger partial charge on any atom is 0.329 e. The van der Waals surface area contributed by atoms with Gasteiger partial charge in [0.15, 0.2) is 12.4 Å². The van der Waals surface area contributed by atoms with Crippen molar-refractivity contribution in [3.63, 3.8) is 0 Å². The molecule has 2 rings (SSSR count). The number of likely N-dealkylation sites (N-methyl/N-ethyl adjacent to an activating group) is 1. The van der Waals surface area contributed by atoms with Crippen LogP contribution in [-0.2, 0) is 20.9 Å². The average Bonchev–Trinajstić information content (AvgIpc) is 3.24. The monoisotopic (exact) mass is 415 g/mol. The van der Waals surface area contributed by atoms with Crippen molar-refractivity contribution in [2.75, 3.05) is 32.6 Å². The third kappa shape index (κ3) is 6.37. The molecule has 0 aliphatic carbocycles. The summed E-state index contributed by atoms with van der Waals surface area (Å²) in [5.74, 6) is -1.63. The Morgan fingerprint density at radius 2 is 1.73 bits per heavy atom. The van der Waals surface area contributed by atoms with Gasteiger partial charge in [-0.05, 0) is 35.7 Å². The van der Waals surface area contributed by atoms with Crippen LogP contribution in [0, 0.1) is 5.92 Å². The Bertz CT molecular complexity index is 844. The van der Waals surface area contributed by atoms with Crippen LogP contribution in [0.15, 0.2) is 47.1 Å². The molecule has 0 saturated heterocycles. The number of benzene rings is 1. The first kappa shape index (κ1) is 23.0. The minimum absolute atomic E-state index is 0.101. The molecular formula is C22H29N3O5. The molecule has 0 fully saturated rings. The summed E-state index contributed by atoms with van der Waals surface area (Å²) in [7, 11) is 5.57. The van der Waals surface area contributed by atoms with Crippen LogP contribution in [0.2, 0.25) is 0 Å². The van der Waals surface area contributed by atoms with Crippen LogP contribution in [-0.4, -0.2) is 56.5 Å². The smallest absolute Gasteiger partial charge is 0.329 e. The highest BCUT2D eigenvalue weighted by atomic mass is 16.5. The van der Waals surface area contributed by atoms with E-state index >= 15 is 0 Å². The molecule has 0 aliphatic rings. The van der Waals surface area contributed by atoms with Gasteiger partial charge in [-0.3, -0.25) is 9.59 Å². The molecule has 1 atom stereocenters. The van der Waals surface area contributed by atoms with Gasteiger partial charge in [0.05, 0.1) is 6.26 Å². The molecule has 1 heterocycles. The Morgan fingerprint density at radius 1 is 1.07 bits per heavy atom. The molecule has 1 N–H and O–H groups in total. The van der Waals surface area contributed by atoms with Crippen molar-refractivity contribution in [3.05, 3.63) is 54.0 Å². The van der Waals surface area contributed by atoms with Gasteiger partial charge in [0.1, 0.15) is 6.04 Å². The summed E-state index contributed by atoms with van der Waals surface area (Å²) in [6.07, 6.45) is 1.38. The molecule has 0 bridgehead atoms. The van der Waals surface area contributed by atoms with Crippen molar-refractivity contribution in [2.45, 2.75) is 26.4 Å². The number of nitrogens with one attached hydrogen (secondary N) is 1. The van der Waals surface area contributed by atoms with E-state index in [4.69, 9.17) is 9.15 Å². The van der Waals surface area contributed by atoms with E-state index in [1.807, 2.05) is 43.3 Å². The van der Waals surface area contributed by atoms with E-state index in [0.717, 1.165) is 11.3 Å². The Kier molecular flexibility index (Phi) is 8.03. The van der Waals surface area contributed by atoms with Gasteiger partial charge >= 0.3 is 5.97 Å².